The molecule has 2 unspecified atom stereocenters. The van der Waals surface area contributed by atoms with Crippen molar-refractivity contribution < 1.29 is 5.11 Å². The zero-order valence-corrected chi connectivity index (χ0v) is 13.8. The van der Waals surface area contributed by atoms with E-state index >= 15 is 0 Å². The first-order chi connectivity index (χ1) is 10.6. The van der Waals surface area contributed by atoms with Gasteiger partial charge in [-0.25, -0.2) is 0 Å². The second-order valence-electron chi connectivity index (χ2n) is 6.35. The molecule has 116 valence electrons. The molecule has 1 N–H and O–H groups in total. The first-order valence-corrected chi connectivity index (χ1v) is 8.61. The van der Waals surface area contributed by atoms with Crippen molar-refractivity contribution in [1.82, 2.24) is 0 Å². The van der Waals surface area contributed by atoms with Gasteiger partial charge in [0.25, 0.3) is 0 Å². The summed E-state index contributed by atoms with van der Waals surface area (Å²) < 4.78 is 0. The van der Waals surface area contributed by atoms with E-state index in [2.05, 4.69) is 19.1 Å². The average molecular weight is 315 g/mol. The molecule has 1 saturated carbocycles. The lowest BCUT2D eigenvalue weighted by molar-refractivity contribution is -0.00538. The van der Waals surface area contributed by atoms with Gasteiger partial charge in [0.1, 0.15) is 0 Å². The second-order valence-corrected chi connectivity index (χ2v) is 6.79. The highest BCUT2D eigenvalue weighted by Gasteiger charge is 2.42. The fourth-order valence-electron chi connectivity index (χ4n) is 3.89. The van der Waals surface area contributed by atoms with Crippen LogP contribution in [-0.2, 0) is 5.60 Å². The number of halogens is 1. The van der Waals surface area contributed by atoms with Gasteiger partial charge in [-0.05, 0) is 60.4 Å². The summed E-state index contributed by atoms with van der Waals surface area (Å²) in [4.78, 5) is 0. The molecule has 22 heavy (non-hydrogen) atoms. The molecule has 3 rings (SSSR count). The molecule has 0 saturated heterocycles. The van der Waals surface area contributed by atoms with E-state index in [9.17, 15) is 5.11 Å². The third-order valence-corrected chi connectivity index (χ3v) is 5.22. The Morgan fingerprint density at radius 3 is 2.59 bits per heavy atom. The van der Waals surface area contributed by atoms with Crippen molar-refractivity contribution in [3.05, 3.63) is 59.1 Å². The second kappa shape index (κ2) is 6.44. The maximum atomic E-state index is 11.4. The molecule has 0 aromatic heterocycles. The minimum atomic E-state index is -0.688. The van der Waals surface area contributed by atoms with Crippen LogP contribution in [0, 0.1) is 5.92 Å². The van der Waals surface area contributed by atoms with Crippen molar-refractivity contribution in [3.8, 4) is 11.1 Å². The molecule has 1 aliphatic carbocycles. The highest BCUT2D eigenvalue weighted by atomic mass is 35.5. The van der Waals surface area contributed by atoms with Gasteiger partial charge in [0.15, 0.2) is 0 Å². The summed E-state index contributed by atoms with van der Waals surface area (Å²) in [5.74, 6) is 0.367. The molecule has 1 fully saturated rings. The predicted molar refractivity (Wildman–Crippen MR) is 93.0 cm³/mol. The SMILES string of the molecule is CCCC1CCCC1(O)c1ccccc1-c1ccc(Cl)cc1. The van der Waals surface area contributed by atoms with Crippen LogP contribution >= 0.6 is 11.6 Å². The molecule has 0 bridgehead atoms. The van der Waals surface area contributed by atoms with E-state index in [0.29, 0.717) is 5.92 Å². The Balaban J connectivity index is 2.06. The third-order valence-electron chi connectivity index (χ3n) is 4.97. The van der Waals surface area contributed by atoms with Crippen LogP contribution in [0.1, 0.15) is 44.6 Å². The highest BCUT2D eigenvalue weighted by Crippen LogP contribution is 2.48. The molecule has 0 amide bonds. The molecule has 0 aliphatic heterocycles. The lowest BCUT2D eigenvalue weighted by atomic mass is 9.78. The molecular formula is C20H23ClO. The van der Waals surface area contributed by atoms with E-state index < -0.39 is 5.60 Å². The Morgan fingerprint density at radius 1 is 1.14 bits per heavy atom. The highest BCUT2D eigenvalue weighted by molar-refractivity contribution is 6.30. The van der Waals surface area contributed by atoms with E-state index in [1.54, 1.807) is 0 Å². The average Bonchev–Trinajstić information content (AvgIpc) is 2.91. The van der Waals surface area contributed by atoms with Gasteiger partial charge < -0.3 is 5.11 Å². The van der Waals surface area contributed by atoms with Gasteiger partial charge in [-0.1, -0.05) is 61.3 Å². The number of benzene rings is 2. The predicted octanol–water partition coefficient (Wildman–Crippen LogP) is 5.79. The number of hydrogen-bond acceptors (Lipinski definition) is 1. The van der Waals surface area contributed by atoms with Crippen LogP contribution in [0.5, 0.6) is 0 Å². The van der Waals surface area contributed by atoms with E-state index in [0.717, 1.165) is 53.8 Å². The molecule has 1 aliphatic rings. The molecule has 2 atom stereocenters. The Kier molecular flexibility index (Phi) is 4.56. The maximum absolute atomic E-state index is 11.4. The smallest absolute Gasteiger partial charge is 0.0930 e. The van der Waals surface area contributed by atoms with Crippen LogP contribution in [0.2, 0.25) is 5.02 Å². The topological polar surface area (TPSA) is 20.2 Å². The monoisotopic (exact) mass is 314 g/mol. The summed E-state index contributed by atoms with van der Waals surface area (Å²) in [6, 6.07) is 16.2. The Hall–Kier alpha value is -1.31. The van der Waals surface area contributed by atoms with Gasteiger partial charge >= 0.3 is 0 Å². The largest absolute Gasteiger partial charge is 0.385 e. The standard InChI is InChI=1S/C20H23ClO/c1-2-6-16-7-5-14-20(16,22)19-9-4-3-8-18(19)15-10-12-17(21)13-11-15/h3-4,8-13,16,22H,2,5-7,14H2,1H3. The molecule has 2 heteroatoms. The summed E-state index contributed by atoms with van der Waals surface area (Å²) in [7, 11) is 0. The molecule has 0 heterocycles. The van der Waals surface area contributed by atoms with E-state index in [4.69, 9.17) is 11.6 Å². The Labute approximate surface area is 137 Å². The number of hydrogen-bond donors (Lipinski definition) is 1. The number of aliphatic hydroxyl groups is 1. The summed E-state index contributed by atoms with van der Waals surface area (Å²) in [6.45, 7) is 2.20. The van der Waals surface area contributed by atoms with Crippen molar-refractivity contribution >= 4 is 11.6 Å². The lowest BCUT2D eigenvalue weighted by Gasteiger charge is -2.32. The van der Waals surface area contributed by atoms with Gasteiger partial charge in [0.05, 0.1) is 5.60 Å². The van der Waals surface area contributed by atoms with Crippen LogP contribution < -0.4 is 0 Å². The first-order valence-electron chi connectivity index (χ1n) is 8.23. The van der Waals surface area contributed by atoms with E-state index in [1.807, 2.05) is 36.4 Å². The summed E-state index contributed by atoms with van der Waals surface area (Å²) in [5.41, 5.74) is 2.64. The van der Waals surface area contributed by atoms with Gasteiger partial charge in [-0.3, -0.25) is 0 Å². The summed E-state index contributed by atoms with van der Waals surface area (Å²) in [6.07, 6.45) is 5.30. The molecule has 2 aromatic carbocycles. The molecule has 0 radical (unpaired) electrons. The van der Waals surface area contributed by atoms with Crippen molar-refractivity contribution in [1.29, 1.82) is 0 Å². The van der Waals surface area contributed by atoms with Crippen LogP contribution in [0.3, 0.4) is 0 Å². The zero-order chi connectivity index (χ0) is 15.6. The van der Waals surface area contributed by atoms with Crippen molar-refractivity contribution in [3.63, 3.8) is 0 Å². The molecule has 2 aromatic rings. The minimum Gasteiger partial charge on any atom is -0.385 e. The van der Waals surface area contributed by atoms with Crippen molar-refractivity contribution in [2.45, 2.75) is 44.6 Å². The lowest BCUT2D eigenvalue weighted by Crippen LogP contribution is -2.30. The van der Waals surface area contributed by atoms with Gasteiger partial charge in [-0.15, -0.1) is 0 Å². The van der Waals surface area contributed by atoms with Gasteiger partial charge in [0.2, 0.25) is 0 Å². The maximum Gasteiger partial charge on any atom is 0.0930 e. The summed E-state index contributed by atoms with van der Waals surface area (Å²) >= 11 is 6.01. The summed E-state index contributed by atoms with van der Waals surface area (Å²) in [5, 5.41) is 12.2. The zero-order valence-electron chi connectivity index (χ0n) is 13.1. The van der Waals surface area contributed by atoms with Crippen LogP contribution in [0.4, 0.5) is 0 Å². The first kappa shape index (κ1) is 15.6. The third kappa shape index (κ3) is 2.80. The number of rotatable bonds is 4. The fourth-order valence-corrected chi connectivity index (χ4v) is 4.01. The Morgan fingerprint density at radius 2 is 1.86 bits per heavy atom. The quantitative estimate of drug-likeness (QED) is 0.756. The van der Waals surface area contributed by atoms with Gasteiger partial charge in [-0.2, -0.15) is 0 Å². The van der Waals surface area contributed by atoms with Crippen LogP contribution in [0.15, 0.2) is 48.5 Å². The van der Waals surface area contributed by atoms with Crippen molar-refractivity contribution in [2.24, 2.45) is 5.92 Å². The van der Waals surface area contributed by atoms with Crippen molar-refractivity contribution in [2.75, 3.05) is 0 Å². The van der Waals surface area contributed by atoms with E-state index in [1.165, 1.54) is 0 Å². The van der Waals surface area contributed by atoms with E-state index in [-0.39, 0.29) is 0 Å². The molecular weight excluding hydrogens is 292 g/mol. The van der Waals surface area contributed by atoms with Crippen LogP contribution in [0.25, 0.3) is 11.1 Å². The Bertz CT molecular complexity index is 634. The normalized spacial score (nSPS) is 24.6. The molecule has 1 nitrogen and oxygen atoms in total. The fraction of sp³-hybridized carbons (Fsp3) is 0.400. The van der Waals surface area contributed by atoms with Crippen LogP contribution in [-0.4, -0.2) is 5.11 Å². The van der Waals surface area contributed by atoms with Gasteiger partial charge in [0, 0.05) is 5.02 Å². The molecule has 0 spiro atoms. The minimum absolute atomic E-state index is 0.367.